The molecule has 1 atom stereocenters. The molecule has 0 fully saturated rings. The van der Waals surface area contributed by atoms with Crippen LogP contribution in [0.25, 0.3) is 72.0 Å². The third-order valence-corrected chi connectivity index (χ3v) is 10.5. The Hall–Kier alpha value is -6.44. The van der Waals surface area contributed by atoms with Gasteiger partial charge in [-0.2, -0.15) is 0 Å². The molecule has 50 heavy (non-hydrogen) atoms. The fourth-order valence-electron chi connectivity index (χ4n) is 8.21. The lowest BCUT2D eigenvalue weighted by atomic mass is 9.84. The summed E-state index contributed by atoms with van der Waals surface area (Å²) in [6.45, 7) is 0. The highest BCUT2D eigenvalue weighted by Crippen LogP contribution is 2.51. The van der Waals surface area contributed by atoms with Crippen molar-refractivity contribution in [1.82, 2.24) is 4.57 Å². The molecule has 0 radical (unpaired) electrons. The standard InChI is InChI=1S/C49H33N/c1-3-13-33(14-4-1)35-23-27-38(28-24-35)50-47-22-12-11-19-41(47)46-32-37(26-30-48(46)50)39-17-7-9-20-42(39)49-43-21-10-8-18-40(43)45-31-36(25-29-44(45)49)34-15-5-2-6-16-34/h1-32,49H. The first kappa shape index (κ1) is 28.6. The Labute approximate surface area is 292 Å². The van der Waals surface area contributed by atoms with Crippen LogP contribution in [0.2, 0.25) is 0 Å². The normalized spacial score (nSPS) is 13.4. The lowest BCUT2D eigenvalue weighted by Gasteiger charge is -2.19. The first-order valence-electron chi connectivity index (χ1n) is 17.4. The molecule has 1 heteroatoms. The van der Waals surface area contributed by atoms with Gasteiger partial charge in [-0.1, -0.05) is 158 Å². The van der Waals surface area contributed by atoms with Crippen LogP contribution >= 0.6 is 0 Å². The molecule has 10 rings (SSSR count). The summed E-state index contributed by atoms with van der Waals surface area (Å²) < 4.78 is 2.41. The van der Waals surface area contributed by atoms with Crippen molar-refractivity contribution in [1.29, 1.82) is 0 Å². The summed E-state index contributed by atoms with van der Waals surface area (Å²) in [6.07, 6.45) is 0. The van der Waals surface area contributed by atoms with Crippen molar-refractivity contribution >= 4 is 21.8 Å². The number of rotatable bonds is 5. The van der Waals surface area contributed by atoms with Crippen LogP contribution in [0.1, 0.15) is 22.6 Å². The molecule has 8 aromatic carbocycles. The summed E-state index contributed by atoms with van der Waals surface area (Å²) in [5.74, 6) is 0.155. The zero-order valence-corrected chi connectivity index (χ0v) is 27.5. The third-order valence-electron chi connectivity index (χ3n) is 10.5. The van der Waals surface area contributed by atoms with E-state index in [1.54, 1.807) is 0 Å². The van der Waals surface area contributed by atoms with E-state index in [9.17, 15) is 0 Å². The molecular weight excluding hydrogens is 603 g/mol. The van der Waals surface area contributed by atoms with Crippen molar-refractivity contribution in [3.8, 4) is 50.2 Å². The fourth-order valence-corrected chi connectivity index (χ4v) is 8.21. The summed E-state index contributed by atoms with van der Waals surface area (Å²) in [7, 11) is 0. The van der Waals surface area contributed by atoms with E-state index in [1.807, 2.05) is 0 Å². The summed E-state index contributed by atoms with van der Waals surface area (Å²) in [5, 5.41) is 2.53. The molecule has 9 aromatic rings. The van der Waals surface area contributed by atoms with Crippen LogP contribution in [0.15, 0.2) is 194 Å². The molecule has 0 amide bonds. The first-order chi connectivity index (χ1) is 24.8. The van der Waals surface area contributed by atoms with E-state index < -0.39 is 0 Å². The van der Waals surface area contributed by atoms with Crippen LogP contribution in [0.4, 0.5) is 0 Å². The van der Waals surface area contributed by atoms with Crippen LogP contribution in [0.5, 0.6) is 0 Å². The number of para-hydroxylation sites is 1. The molecule has 234 valence electrons. The Morgan fingerprint density at radius 1 is 0.300 bits per heavy atom. The highest BCUT2D eigenvalue weighted by atomic mass is 15.0. The maximum absolute atomic E-state index is 2.41. The largest absolute Gasteiger partial charge is 0.309 e. The molecule has 1 unspecified atom stereocenters. The lowest BCUT2D eigenvalue weighted by molar-refractivity contribution is 1.02. The topological polar surface area (TPSA) is 4.93 Å². The average Bonchev–Trinajstić information content (AvgIpc) is 3.71. The van der Waals surface area contributed by atoms with Gasteiger partial charge < -0.3 is 4.57 Å². The van der Waals surface area contributed by atoms with Gasteiger partial charge in [-0.05, 0) is 97.6 Å². The Kier molecular flexibility index (Phi) is 6.63. The number of hydrogen-bond donors (Lipinski definition) is 0. The molecule has 0 aliphatic heterocycles. The van der Waals surface area contributed by atoms with Crippen molar-refractivity contribution in [2.45, 2.75) is 5.92 Å². The molecule has 1 aliphatic carbocycles. The van der Waals surface area contributed by atoms with Crippen molar-refractivity contribution in [2.24, 2.45) is 0 Å². The van der Waals surface area contributed by atoms with E-state index in [0.29, 0.717) is 0 Å². The van der Waals surface area contributed by atoms with Crippen molar-refractivity contribution in [3.05, 3.63) is 211 Å². The lowest BCUT2D eigenvalue weighted by Crippen LogP contribution is -2.01. The van der Waals surface area contributed by atoms with Gasteiger partial charge in [0.15, 0.2) is 0 Å². The Balaban J connectivity index is 1.11. The molecular formula is C49H33N. The van der Waals surface area contributed by atoms with Crippen LogP contribution in [0.3, 0.4) is 0 Å². The van der Waals surface area contributed by atoms with Gasteiger partial charge in [0.25, 0.3) is 0 Å². The van der Waals surface area contributed by atoms with E-state index in [1.165, 1.54) is 83.0 Å². The predicted octanol–water partition coefficient (Wildman–Crippen LogP) is 12.9. The van der Waals surface area contributed by atoms with E-state index >= 15 is 0 Å². The SMILES string of the molecule is c1ccc(-c2ccc(-n3c4ccccc4c4cc(-c5ccccc5C5c6ccccc6-c6cc(-c7ccccc7)ccc65)ccc43)cc2)cc1. The van der Waals surface area contributed by atoms with Gasteiger partial charge in [0.1, 0.15) is 0 Å². The van der Waals surface area contributed by atoms with Gasteiger partial charge in [-0.25, -0.2) is 0 Å². The molecule has 1 nitrogen and oxygen atoms in total. The highest BCUT2D eigenvalue weighted by Gasteiger charge is 2.31. The number of aromatic nitrogens is 1. The minimum atomic E-state index is 0.155. The van der Waals surface area contributed by atoms with Crippen LogP contribution in [0, 0.1) is 0 Å². The Morgan fingerprint density at radius 2 is 0.820 bits per heavy atom. The quantitative estimate of drug-likeness (QED) is 0.177. The maximum Gasteiger partial charge on any atom is 0.0541 e. The first-order valence-corrected chi connectivity index (χ1v) is 17.4. The van der Waals surface area contributed by atoms with Gasteiger partial charge in [-0.3, -0.25) is 0 Å². The maximum atomic E-state index is 2.41. The molecule has 0 N–H and O–H groups in total. The Bertz CT molecular complexity index is 2680. The van der Waals surface area contributed by atoms with Crippen molar-refractivity contribution in [3.63, 3.8) is 0 Å². The zero-order chi connectivity index (χ0) is 33.0. The van der Waals surface area contributed by atoms with Gasteiger partial charge in [0, 0.05) is 22.4 Å². The van der Waals surface area contributed by atoms with E-state index in [-0.39, 0.29) is 5.92 Å². The average molecular weight is 636 g/mol. The second-order valence-electron chi connectivity index (χ2n) is 13.3. The third kappa shape index (κ3) is 4.55. The number of benzene rings is 8. The van der Waals surface area contributed by atoms with E-state index in [4.69, 9.17) is 0 Å². The van der Waals surface area contributed by atoms with Crippen molar-refractivity contribution in [2.75, 3.05) is 0 Å². The molecule has 1 aliphatic rings. The van der Waals surface area contributed by atoms with E-state index in [0.717, 1.165) is 5.69 Å². The van der Waals surface area contributed by atoms with Gasteiger partial charge in [0.2, 0.25) is 0 Å². The highest BCUT2D eigenvalue weighted by molar-refractivity contribution is 6.10. The van der Waals surface area contributed by atoms with Crippen molar-refractivity contribution < 1.29 is 0 Å². The van der Waals surface area contributed by atoms with Gasteiger partial charge in [-0.15, -0.1) is 0 Å². The molecule has 0 bridgehead atoms. The summed E-state index contributed by atoms with van der Waals surface area (Å²) in [5.41, 5.74) is 17.8. The van der Waals surface area contributed by atoms with Gasteiger partial charge >= 0.3 is 0 Å². The fraction of sp³-hybridized carbons (Fsp3) is 0.0204. The molecule has 0 saturated carbocycles. The number of fused-ring (bicyclic) bond motifs is 6. The molecule has 1 aromatic heterocycles. The number of nitrogens with zero attached hydrogens (tertiary/aromatic N) is 1. The van der Waals surface area contributed by atoms with E-state index in [2.05, 4.69) is 199 Å². The number of hydrogen-bond acceptors (Lipinski definition) is 0. The monoisotopic (exact) mass is 635 g/mol. The smallest absolute Gasteiger partial charge is 0.0541 e. The second-order valence-corrected chi connectivity index (χ2v) is 13.3. The van der Waals surface area contributed by atoms with Crippen LogP contribution in [-0.4, -0.2) is 4.57 Å². The zero-order valence-electron chi connectivity index (χ0n) is 27.5. The Morgan fingerprint density at radius 3 is 1.58 bits per heavy atom. The van der Waals surface area contributed by atoms with Gasteiger partial charge in [0.05, 0.1) is 11.0 Å². The second kappa shape index (κ2) is 11.6. The molecule has 1 heterocycles. The predicted molar refractivity (Wildman–Crippen MR) is 210 cm³/mol. The van der Waals surface area contributed by atoms with Crippen LogP contribution in [-0.2, 0) is 0 Å². The minimum Gasteiger partial charge on any atom is -0.309 e. The molecule has 0 saturated heterocycles. The summed E-state index contributed by atoms with van der Waals surface area (Å²) in [6, 6.07) is 71.1. The molecule has 0 spiro atoms. The summed E-state index contributed by atoms with van der Waals surface area (Å²) >= 11 is 0. The summed E-state index contributed by atoms with van der Waals surface area (Å²) in [4.78, 5) is 0. The minimum absolute atomic E-state index is 0.155. The van der Waals surface area contributed by atoms with Crippen LogP contribution < -0.4 is 0 Å².